The van der Waals surface area contributed by atoms with Gasteiger partial charge in [-0.1, -0.05) is 37.3 Å². The zero-order valence-electron chi connectivity index (χ0n) is 16.7. The third-order valence-electron chi connectivity index (χ3n) is 6.01. The Balaban J connectivity index is 1.62. The molecule has 2 aromatic carbocycles. The first-order valence-electron chi connectivity index (χ1n) is 10.4. The summed E-state index contributed by atoms with van der Waals surface area (Å²) in [6.07, 6.45) is 3.87. The van der Waals surface area contributed by atoms with Gasteiger partial charge in [0.25, 0.3) is 5.91 Å². The SMILES string of the molecule is CCc1ccc(C(=O)N2CC[C@H](C(=O)N(CC)C3CC3)c3ccccc32)cc1. The van der Waals surface area contributed by atoms with E-state index in [2.05, 4.69) is 13.8 Å². The lowest BCUT2D eigenvalue weighted by molar-refractivity contribution is -0.133. The molecule has 28 heavy (non-hydrogen) atoms. The Bertz CT molecular complexity index is 870. The highest BCUT2D eigenvalue weighted by atomic mass is 16.2. The van der Waals surface area contributed by atoms with E-state index >= 15 is 0 Å². The van der Waals surface area contributed by atoms with Crippen molar-refractivity contribution in [1.82, 2.24) is 4.90 Å². The average Bonchev–Trinajstić information content (AvgIpc) is 3.58. The highest BCUT2D eigenvalue weighted by Gasteiger charge is 2.39. The lowest BCUT2D eigenvalue weighted by Crippen LogP contribution is -2.43. The van der Waals surface area contributed by atoms with E-state index in [-0.39, 0.29) is 17.7 Å². The van der Waals surface area contributed by atoms with Crippen molar-refractivity contribution < 1.29 is 9.59 Å². The summed E-state index contributed by atoms with van der Waals surface area (Å²) in [7, 11) is 0. The number of aryl methyl sites for hydroxylation is 1. The summed E-state index contributed by atoms with van der Waals surface area (Å²) in [5, 5.41) is 0. The summed E-state index contributed by atoms with van der Waals surface area (Å²) in [6.45, 7) is 5.50. The van der Waals surface area contributed by atoms with Gasteiger partial charge in [0.05, 0.1) is 5.92 Å². The minimum absolute atomic E-state index is 0.00976. The molecule has 0 bridgehead atoms. The number of benzene rings is 2. The first-order chi connectivity index (χ1) is 13.6. The van der Waals surface area contributed by atoms with E-state index in [4.69, 9.17) is 0 Å². The van der Waals surface area contributed by atoms with Gasteiger partial charge in [0.1, 0.15) is 0 Å². The van der Waals surface area contributed by atoms with Gasteiger partial charge in [0.2, 0.25) is 5.91 Å². The Kier molecular flexibility index (Phi) is 5.21. The van der Waals surface area contributed by atoms with Crippen LogP contribution >= 0.6 is 0 Å². The summed E-state index contributed by atoms with van der Waals surface area (Å²) >= 11 is 0. The number of amides is 2. The molecule has 4 heteroatoms. The number of para-hydroxylation sites is 1. The predicted molar refractivity (Wildman–Crippen MR) is 112 cm³/mol. The first-order valence-corrected chi connectivity index (χ1v) is 10.4. The number of nitrogens with zero attached hydrogens (tertiary/aromatic N) is 2. The molecule has 2 aliphatic rings. The number of likely N-dealkylation sites (N-methyl/N-ethyl adjacent to an activating group) is 1. The van der Waals surface area contributed by atoms with Crippen molar-refractivity contribution in [2.45, 2.75) is 51.5 Å². The molecule has 0 saturated heterocycles. The Morgan fingerprint density at radius 3 is 2.36 bits per heavy atom. The van der Waals surface area contributed by atoms with Crippen molar-refractivity contribution in [1.29, 1.82) is 0 Å². The molecule has 0 aromatic heterocycles. The molecule has 0 radical (unpaired) electrons. The molecule has 1 fully saturated rings. The highest BCUT2D eigenvalue weighted by Crippen LogP contribution is 2.39. The van der Waals surface area contributed by atoms with Crippen molar-refractivity contribution in [2.75, 3.05) is 18.0 Å². The molecule has 4 nitrogen and oxygen atoms in total. The molecule has 2 amide bonds. The van der Waals surface area contributed by atoms with Crippen molar-refractivity contribution in [3.63, 3.8) is 0 Å². The molecule has 4 rings (SSSR count). The number of anilines is 1. The van der Waals surface area contributed by atoms with E-state index in [9.17, 15) is 9.59 Å². The third-order valence-corrected chi connectivity index (χ3v) is 6.01. The normalized spacial score (nSPS) is 18.5. The van der Waals surface area contributed by atoms with Gasteiger partial charge < -0.3 is 9.80 Å². The second kappa shape index (κ2) is 7.78. The van der Waals surface area contributed by atoms with Crippen LogP contribution in [0, 0.1) is 0 Å². The van der Waals surface area contributed by atoms with Crippen LogP contribution in [0.2, 0.25) is 0 Å². The number of hydrogen-bond donors (Lipinski definition) is 0. The van der Waals surface area contributed by atoms with Gasteiger partial charge >= 0.3 is 0 Å². The van der Waals surface area contributed by atoms with Gasteiger partial charge in [-0.3, -0.25) is 9.59 Å². The second-order valence-electron chi connectivity index (χ2n) is 7.76. The van der Waals surface area contributed by atoms with E-state index in [1.54, 1.807) is 0 Å². The van der Waals surface area contributed by atoms with Crippen LogP contribution in [0.1, 0.15) is 60.5 Å². The Hall–Kier alpha value is -2.62. The Labute approximate surface area is 167 Å². The quantitative estimate of drug-likeness (QED) is 0.776. The van der Waals surface area contributed by atoms with Gasteiger partial charge in [0, 0.05) is 30.4 Å². The summed E-state index contributed by atoms with van der Waals surface area (Å²) in [6, 6.07) is 16.2. The molecule has 0 unspecified atom stereocenters. The van der Waals surface area contributed by atoms with Crippen LogP contribution in [0.5, 0.6) is 0 Å². The smallest absolute Gasteiger partial charge is 0.258 e. The summed E-state index contributed by atoms with van der Waals surface area (Å²) < 4.78 is 0. The molecule has 146 valence electrons. The molecule has 1 aliphatic heterocycles. The van der Waals surface area contributed by atoms with Crippen molar-refractivity contribution in [2.24, 2.45) is 0 Å². The maximum Gasteiger partial charge on any atom is 0.258 e. The zero-order valence-corrected chi connectivity index (χ0v) is 16.7. The number of carbonyl (C=O) groups is 2. The van der Waals surface area contributed by atoms with Gasteiger partial charge in [-0.05, 0) is 61.9 Å². The summed E-state index contributed by atoms with van der Waals surface area (Å²) in [5.41, 5.74) is 3.78. The monoisotopic (exact) mass is 376 g/mol. The fourth-order valence-electron chi connectivity index (χ4n) is 4.25. The number of hydrogen-bond acceptors (Lipinski definition) is 2. The molecule has 1 saturated carbocycles. The minimum Gasteiger partial charge on any atom is -0.339 e. The Morgan fingerprint density at radius 1 is 1.00 bits per heavy atom. The molecule has 2 aromatic rings. The summed E-state index contributed by atoms with van der Waals surface area (Å²) in [4.78, 5) is 30.3. The number of rotatable bonds is 5. The van der Waals surface area contributed by atoms with Gasteiger partial charge in [-0.15, -0.1) is 0 Å². The number of fused-ring (bicyclic) bond motifs is 1. The van der Waals surface area contributed by atoms with Crippen LogP contribution in [-0.4, -0.2) is 35.8 Å². The zero-order chi connectivity index (χ0) is 19.7. The van der Waals surface area contributed by atoms with Crippen LogP contribution in [0.4, 0.5) is 5.69 Å². The molecule has 1 heterocycles. The van der Waals surface area contributed by atoms with Gasteiger partial charge in [-0.2, -0.15) is 0 Å². The maximum absolute atomic E-state index is 13.2. The molecule has 0 N–H and O–H groups in total. The van der Waals surface area contributed by atoms with Crippen LogP contribution < -0.4 is 4.90 Å². The van der Waals surface area contributed by atoms with Gasteiger partial charge in [-0.25, -0.2) is 0 Å². The maximum atomic E-state index is 13.2. The van der Waals surface area contributed by atoms with E-state index in [1.165, 1.54) is 5.56 Å². The standard InChI is InChI=1S/C24H28N2O2/c1-3-17-9-11-18(12-10-17)23(27)26-16-15-21(20-7-5-6-8-22(20)26)24(28)25(4-2)19-13-14-19/h5-12,19,21H,3-4,13-16H2,1-2H3/t21-/m0/s1. The van der Waals surface area contributed by atoms with E-state index in [0.717, 1.165) is 37.1 Å². The predicted octanol–water partition coefficient (Wildman–Crippen LogP) is 4.39. The average molecular weight is 377 g/mol. The van der Waals surface area contributed by atoms with E-state index in [1.807, 2.05) is 58.3 Å². The lowest BCUT2D eigenvalue weighted by Gasteiger charge is -2.36. The largest absolute Gasteiger partial charge is 0.339 e. The van der Waals surface area contributed by atoms with E-state index < -0.39 is 0 Å². The van der Waals surface area contributed by atoms with Crippen LogP contribution in [0.15, 0.2) is 48.5 Å². The lowest BCUT2D eigenvalue weighted by atomic mass is 9.88. The van der Waals surface area contributed by atoms with E-state index in [0.29, 0.717) is 24.6 Å². The molecule has 0 spiro atoms. The van der Waals surface area contributed by atoms with Crippen LogP contribution in [0.25, 0.3) is 0 Å². The fraction of sp³-hybridized carbons (Fsp3) is 0.417. The molecular weight excluding hydrogens is 348 g/mol. The topological polar surface area (TPSA) is 40.6 Å². The van der Waals surface area contributed by atoms with Gasteiger partial charge in [0.15, 0.2) is 0 Å². The van der Waals surface area contributed by atoms with Crippen LogP contribution in [0.3, 0.4) is 0 Å². The molecule has 1 atom stereocenters. The highest BCUT2D eigenvalue weighted by molar-refractivity contribution is 6.07. The van der Waals surface area contributed by atoms with Crippen LogP contribution in [-0.2, 0) is 11.2 Å². The first kappa shape index (κ1) is 18.7. The minimum atomic E-state index is -0.150. The van der Waals surface area contributed by atoms with Crippen molar-refractivity contribution in [3.8, 4) is 0 Å². The Morgan fingerprint density at radius 2 is 1.71 bits per heavy atom. The van der Waals surface area contributed by atoms with Crippen molar-refractivity contribution in [3.05, 3.63) is 65.2 Å². The fourth-order valence-corrected chi connectivity index (χ4v) is 4.25. The molecule has 1 aliphatic carbocycles. The molecular formula is C24H28N2O2. The van der Waals surface area contributed by atoms with Crippen molar-refractivity contribution >= 4 is 17.5 Å². The summed E-state index contributed by atoms with van der Waals surface area (Å²) in [5.74, 6) is 0.0793. The second-order valence-corrected chi connectivity index (χ2v) is 7.76. The third kappa shape index (κ3) is 3.44. The number of carbonyl (C=O) groups excluding carboxylic acids is 2.